The van der Waals surface area contributed by atoms with Crippen molar-refractivity contribution in [3.8, 4) is 0 Å². The summed E-state index contributed by atoms with van der Waals surface area (Å²) in [5.74, 6) is -0.290. The first kappa shape index (κ1) is 19.1. The molecule has 0 spiro atoms. The summed E-state index contributed by atoms with van der Waals surface area (Å²) in [7, 11) is 3.45. The number of nitrogens with zero attached hydrogens (tertiary/aromatic N) is 2. The Morgan fingerprint density at radius 3 is 2.81 bits per heavy atom. The summed E-state index contributed by atoms with van der Waals surface area (Å²) in [6.07, 6.45) is 1.32. The minimum Gasteiger partial charge on any atom is -0.369 e. The van der Waals surface area contributed by atoms with Crippen molar-refractivity contribution in [3.63, 3.8) is 0 Å². The van der Waals surface area contributed by atoms with Gasteiger partial charge in [-0.05, 0) is 38.0 Å². The summed E-state index contributed by atoms with van der Waals surface area (Å²) in [4.78, 5) is 24.4. The van der Waals surface area contributed by atoms with Gasteiger partial charge in [-0.3, -0.25) is 14.3 Å². The van der Waals surface area contributed by atoms with E-state index in [9.17, 15) is 9.59 Å². The fraction of sp³-hybridized carbons (Fsp3) is 0.450. The SMILES string of the molecule is CNC(=O)c1cccc(CCNC(=O)c2nn(C)c3c2C[C@H](C)O[C@@H]3C)c1. The van der Waals surface area contributed by atoms with Crippen molar-refractivity contribution < 1.29 is 14.3 Å². The van der Waals surface area contributed by atoms with Crippen LogP contribution in [-0.2, 0) is 24.6 Å². The van der Waals surface area contributed by atoms with Gasteiger partial charge in [0, 0.05) is 38.2 Å². The third-order valence-electron chi connectivity index (χ3n) is 4.84. The molecule has 0 fully saturated rings. The average molecular weight is 370 g/mol. The Morgan fingerprint density at radius 2 is 2.07 bits per heavy atom. The molecule has 0 aliphatic carbocycles. The molecule has 1 aliphatic rings. The van der Waals surface area contributed by atoms with Gasteiger partial charge in [0.1, 0.15) is 0 Å². The van der Waals surface area contributed by atoms with E-state index in [-0.39, 0.29) is 24.0 Å². The zero-order valence-corrected chi connectivity index (χ0v) is 16.2. The lowest BCUT2D eigenvalue weighted by Gasteiger charge is -2.26. The van der Waals surface area contributed by atoms with Crippen LogP contribution in [0.5, 0.6) is 0 Å². The van der Waals surface area contributed by atoms with Crippen molar-refractivity contribution in [2.45, 2.75) is 38.9 Å². The largest absolute Gasteiger partial charge is 0.369 e. The van der Waals surface area contributed by atoms with Gasteiger partial charge >= 0.3 is 0 Å². The Balaban J connectivity index is 1.66. The number of hydrogen-bond acceptors (Lipinski definition) is 4. The molecule has 7 heteroatoms. The Labute approximate surface area is 159 Å². The topological polar surface area (TPSA) is 85.3 Å². The van der Waals surface area contributed by atoms with E-state index in [1.54, 1.807) is 17.8 Å². The monoisotopic (exact) mass is 370 g/mol. The molecule has 2 N–H and O–H groups in total. The van der Waals surface area contributed by atoms with E-state index in [0.29, 0.717) is 30.6 Å². The van der Waals surface area contributed by atoms with Crippen LogP contribution in [0.4, 0.5) is 0 Å². The number of benzene rings is 1. The Bertz CT molecular complexity index is 859. The zero-order valence-electron chi connectivity index (χ0n) is 16.2. The lowest BCUT2D eigenvalue weighted by atomic mass is 9.99. The molecule has 0 bridgehead atoms. The molecule has 0 saturated heterocycles. The molecule has 3 rings (SSSR count). The molecule has 2 heterocycles. The van der Waals surface area contributed by atoms with Crippen molar-refractivity contribution >= 4 is 11.8 Å². The normalized spacial score (nSPS) is 18.7. The maximum atomic E-state index is 12.7. The molecule has 2 aromatic rings. The predicted octanol–water partition coefficient (Wildman–Crippen LogP) is 1.77. The number of aryl methyl sites for hydroxylation is 1. The third kappa shape index (κ3) is 4.03. The van der Waals surface area contributed by atoms with Crippen molar-refractivity contribution in [3.05, 3.63) is 52.3 Å². The molecule has 1 aromatic carbocycles. The minimum atomic E-state index is -0.171. The standard InChI is InChI=1S/C20H26N4O3/c1-12-10-16-17(23-24(4)18(16)13(2)27-12)20(26)22-9-8-14-6-5-7-15(11-14)19(25)21-3/h5-7,11-13H,8-10H2,1-4H3,(H,21,25)(H,22,26)/t12-,13+/m0/s1. The Kier molecular flexibility index (Phi) is 5.60. The number of nitrogens with one attached hydrogen (secondary N) is 2. The van der Waals surface area contributed by atoms with Crippen molar-refractivity contribution in [2.75, 3.05) is 13.6 Å². The molecule has 2 amide bonds. The minimum absolute atomic E-state index is 0.0655. The van der Waals surface area contributed by atoms with Gasteiger partial charge < -0.3 is 15.4 Å². The van der Waals surface area contributed by atoms with Crippen molar-refractivity contribution in [1.29, 1.82) is 0 Å². The lowest BCUT2D eigenvalue weighted by molar-refractivity contribution is -0.00903. The van der Waals surface area contributed by atoms with Gasteiger partial charge in [0.25, 0.3) is 11.8 Å². The number of fused-ring (bicyclic) bond motifs is 1. The smallest absolute Gasteiger partial charge is 0.272 e. The first-order chi connectivity index (χ1) is 12.9. The van der Waals surface area contributed by atoms with Crippen LogP contribution in [0.1, 0.15) is 57.6 Å². The van der Waals surface area contributed by atoms with E-state index in [4.69, 9.17) is 4.74 Å². The highest BCUT2D eigenvalue weighted by Crippen LogP contribution is 2.31. The number of ether oxygens (including phenoxy) is 1. The van der Waals surface area contributed by atoms with Gasteiger partial charge in [-0.2, -0.15) is 5.10 Å². The highest BCUT2D eigenvalue weighted by Gasteiger charge is 2.31. The molecule has 27 heavy (non-hydrogen) atoms. The van der Waals surface area contributed by atoms with Gasteiger partial charge in [0.15, 0.2) is 5.69 Å². The Hall–Kier alpha value is -2.67. The molecule has 1 aliphatic heterocycles. The molecular weight excluding hydrogens is 344 g/mol. The zero-order chi connectivity index (χ0) is 19.6. The van der Waals surface area contributed by atoms with Crippen LogP contribution in [-0.4, -0.2) is 41.3 Å². The summed E-state index contributed by atoms with van der Waals surface area (Å²) in [5, 5.41) is 9.98. The van der Waals surface area contributed by atoms with Gasteiger partial charge in [0.2, 0.25) is 0 Å². The first-order valence-electron chi connectivity index (χ1n) is 9.21. The van der Waals surface area contributed by atoms with Crippen LogP contribution in [0.15, 0.2) is 24.3 Å². The van der Waals surface area contributed by atoms with Crippen LogP contribution >= 0.6 is 0 Å². The number of rotatable bonds is 5. The maximum Gasteiger partial charge on any atom is 0.272 e. The highest BCUT2D eigenvalue weighted by atomic mass is 16.5. The van der Waals surface area contributed by atoms with Crippen LogP contribution in [0.3, 0.4) is 0 Å². The van der Waals surface area contributed by atoms with Gasteiger partial charge in [-0.15, -0.1) is 0 Å². The van der Waals surface area contributed by atoms with Crippen LogP contribution in [0.25, 0.3) is 0 Å². The van der Waals surface area contributed by atoms with E-state index >= 15 is 0 Å². The molecule has 0 unspecified atom stereocenters. The molecule has 144 valence electrons. The summed E-state index contributed by atoms with van der Waals surface area (Å²) in [6, 6.07) is 7.40. The molecule has 0 saturated carbocycles. The van der Waals surface area contributed by atoms with Crippen LogP contribution in [0.2, 0.25) is 0 Å². The lowest BCUT2D eigenvalue weighted by Crippen LogP contribution is -2.29. The van der Waals surface area contributed by atoms with E-state index < -0.39 is 0 Å². The van der Waals surface area contributed by atoms with E-state index in [1.807, 2.05) is 39.1 Å². The van der Waals surface area contributed by atoms with E-state index in [0.717, 1.165) is 16.8 Å². The summed E-state index contributed by atoms with van der Waals surface area (Å²) in [6.45, 7) is 4.47. The quantitative estimate of drug-likeness (QED) is 0.840. The number of amides is 2. The van der Waals surface area contributed by atoms with Crippen molar-refractivity contribution in [2.24, 2.45) is 7.05 Å². The van der Waals surface area contributed by atoms with Gasteiger partial charge in [0.05, 0.1) is 17.9 Å². The molecule has 7 nitrogen and oxygen atoms in total. The van der Waals surface area contributed by atoms with E-state index in [2.05, 4.69) is 15.7 Å². The maximum absolute atomic E-state index is 12.7. The fourth-order valence-electron chi connectivity index (χ4n) is 3.64. The fourth-order valence-corrected chi connectivity index (χ4v) is 3.64. The predicted molar refractivity (Wildman–Crippen MR) is 102 cm³/mol. The number of carbonyl (C=O) groups excluding carboxylic acids is 2. The molecule has 2 atom stereocenters. The highest BCUT2D eigenvalue weighted by molar-refractivity contribution is 5.94. The van der Waals surface area contributed by atoms with E-state index in [1.165, 1.54) is 0 Å². The molecular formula is C20H26N4O3. The van der Waals surface area contributed by atoms with Crippen LogP contribution in [0, 0.1) is 0 Å². The third-order valence-corrected chi connectivity index (χ3v) is 4.84. The number of aromatic nitrogens is 2. The molecule has 1 aromatic heterocycles. The number of carbonyl (C=O) groups is 2. The summed E-state index contributed by atoms with van der Waals surface area (Å²) in [5.41, 5.74) is 4.03. The molecule has 0 radical (unpaired) electrons. The van der Waals surface area contributed by atoms with Gasteiger partial charge in [-0.1, -0.05) is 12.1 Å². The van der Waals surface area contributed by atoms with Crippen LogP contribution < -0.4 is 10.6 Å². The summed E-state index contributed by atoms with van der Waals surface area (Å²) >= 11 is 0. The van der Waals surface area contributed by atoms with Crippen molar-refractivity contribution in [1.82, 2.24) is 20.4 Å². The average Bonchev–Trinajstić information content (AvgIpc) is 2.98. The second kappa shape index (κ2) is 7.92. The summed E-state index contributed by atoms with van der Waals surface area (Å²) < 4.78 is 7.58. The van der Waals surface area contributed by atoms with Gasteiger partial charge in [-0.25, -0.2) is 0 Å². The second-order valence-electron chi connectivity index (χ2n) is 6.91. The number of hydrogen-bond donors (Lipinski definition) is 2. The first-order valence-corrected chi connectivity index (χ1v) is 9.21. The second-order valence-corrected chi connectivity index (χ2v) is 6.91. The Morgan fingerprint density at radius 1 is 1.30 bits per heavy atom.